The van der Waals surface area contributed by atoms with Crippen molar-refractivity contribution >= 4 is 22.8 Å². The highest BCUT2D eigenvalue weighted by molar-refractivity contribution is 5.98. The number of benzene rings is 2. The molecule has 1 atom stereocenters. The van der Waals surface area contributed by atoms with Gasteiger partial charge in [0, 0.05) is 23.3 Å². The molecular formula is C28H33NO8. The molecule has 0 saturated heterocycles. The number of amides is 1. The van der Waals surface area contributed by atoms with E-state index in [-0.39, 0.29) is 39.6 Å². The van der Waals surface area contributed by atoms with Gasteiger partial charge in [0.05, 0.1) is 21.3 Å². The smallest absolute Gasteiger partial charge is 0.329 e. The molecule has 1 amide bonds. The van der Waals surface area contributed by atoms with E-state index in [2.05, 4.69) is 5.32 Å². The van der Waals surface area contributed by atoms with E-state index < -0.39 is 23.5 Å². The molecule has 198 valence electrons. The molecule has 0 radical (unpaired) electrons. The molecule has 0 saturated carbocycles. The van der Waals surface area contributed by atoms with E-state index in [1.807, 2.05) is 13.8 Å². The number of rotatable bonds is 8. The molecule has 0 aliphatic rings. The van der Waals surface area contributed by atoms with Crippen LogP contribution >= 0.6 is 0 Å². The van der Waals surface area contributed by atoms with Gasteiger partial charge in [0.15, 0.2) is 16.9 Å². The summed E-state index contributed by atoms with van der Waals surface area (Å²) in [6, 6.07) is 8.63. The van der Waals surface area contributed by atoms with E-state index in [9.17, 15) is 14.4 Å². The lowest BCUT2D eigenvalue weighted by atomic mass is 10.0. The van der Waals surface area contributed by atoms with Gasteiger partial charge in [-0.2, -0.15) is 0 Å². The topological polar surface area (TPSA) is 113 Å². The Labute approximate surface area is 215 Å². The minimum Gasteiger partial charge on any atom is -0.493 e. The lowest BCUT2D eigenvalue weighted by Gasteiger charge is -2.26. The van der Waals surface area contributed by atoms with Crippen LogP contribution in [0.5, 0.6) is 17.2 Å². The van der Waals surface area contributed by atoms with Gasteiger partial charge < -0.3 is 28.7 Å². The number of hydrogen-bond acceptors (Lipinski definition) is 8. The van der Waals surface area contributed by atoms with Crippen molar-refractivity contribution in [1.82, 2.24) is 5.32 Å². The first-order chi connectivity index (χ1) is 17.4. The number of methoxy groups -OCH3 is 3. The molecule has 0 unspecified atom stereocenters. The van der Waals surface area contributed by atoms with E-state index in [4.69, 9.17) is 23.4 Å². The fourth-order valence-electron chi connectivity index (χ4n) is 3.83. The highest BCUT2D eigenvalue weighted by Gasteiger charge is 2.29. The number of hydrogen-bond donors (Lipinski definition) is 1. The zero-order chi connectivity index (χ0) is 27.5. The number of carbonyl (C=O) groups excluding carboxylic acids is 2. The molecule has 0 aliphatic heterocycles. The SMILES string of the molecule is COc1cc2oc(-c3cccc(C(=O)N[C@H](C(=O)OC(C)(C)C)C(C)C)c3)cc(=O)c2c(OC)c1OC. The lowest BCUT2D eigenvalue weighted by Crippen LogP contribution is -2.47. The second-order valence-electron chi connectivity index (χ2n) is 9.80. The van der Waals surface area contributed by atoms with Crippen molar-refractivity contribution in [3.63, 3.8) is 0 Å². The normalized spacial score (nSPS) is 12.2. The maximum atomic E-state index is 13.1. The molecule has 0 spiro atoms. The number of nitrogens with one attached hydrogen (secondary N) is 1. The fourth-order valence-corrected chi connectivity index (χ4v) is 3.83. The average molecular weight is 512 g/mol. The summed E-state index contributed by atoms with van der Waals surface area (Å²) in [6.45, 7) is 8.96. The van der Waals surface area contributed by atoms with Crippen LogP contribution in [-0.2, 0) is 9.53 Å². The summed E-state index contributed by atoms with van der Waals surface area (Å²) in [5.74, 6) is -0.0971. The van der Waals surface area contributed by atoms with Gasteiger partial charge in [-0.3, -0.25) is 9.59 Å². The van der Waals surface area contributed by atoms with Crippen LogP contribution in [0.25, 0.3) is 22.3 Å². The van der Waals surface area contributed by atoms with Gasteiger partial charge in [0.2, 0.25) is 5.75 Å². The van der Waals surface area contributed by atoms with E-state index in [0.717, 1.165) is 0 Å². The molecule has 1 aromatic heterocycles. The predicted octanol–water partition coefficient (Wildman–Crippen LogP) is 4.58. The van der Waals surface area contributed by atoms with Gasteiger partial charge in [0.25, 0.3) is 5.91 Å². The zero-order valence-corrected chi connectivity index (χ0v) is 22.4. The van der Waals surface area contributed by atoms with Gasteiger partial charge in [-0.05, 0) is 38.8 Å². The molecule has 0 bridgehead atoms. The van der Waals surface area contributed by atoms with Crippen molar-refractivity contribution in [1.29, 1.82) is 0 Å². The molecule has 9 heteroatoms. The first-order valence-corrected chi connectivity index (χ1v) is 11.8. The van der Waals surface area contributed by atoms with Crippen LogP contribution < -0.4 is 25.0 Å². The van der Waals surface area contributed by atoms with Gasteiger partial charge >= 0.3 is 5.97 Å². The van der Waals surface area contributed by atoms with E-state index in [1.165, 1.54) is 27.4 Å². The van der Waals surface area contributed by atoms with Gasteiger partial charge in [-0.15, -0.1) is 0 Å². The van der Waals surface area contributed by atoms with Crippen molar-refractivity contribution in [3.05, 3.63) is 52.2 Å². The third kappa shape index (κ3) is 6.04. The first kappa shape index (κ1) is 27.6. The third-order valence-electron chi connectivity index (χ3n) is 5.55. The molecule has 37 heavy (non-hydrogen) atoms. The monoisotopic (exact) mass is 511 g/mol. The van der Waals surface area contributed by atoms with Crippen molar-refractivity contribution in [2.24, 2.45) is 5.92 Å². The van der Waals surface area contributed by atoms with E-state index >= 15 is 0 Å². The largest absolute Gasteiger partial charge is 0.493 e. The summed E-state index contributed by atoms with van der Waals surface area (Å²) in [6.07, 6.45) is 0. The Morgan fingerprint density at radius 1 is 0.946 bits per heavy atom. The molecule has 3 rings (SSSR count). The molecular weight excluding hydrogens is 478 g/mol. The number of carbonyl (C=O) groups is 2. The van der Waals surface area contributed by atoms with Crippen LogP contribution in [0.1, 0.15) is 45.0 Å². The van der Waals surface area contributed by atoms with Crippen LogP contribution in [-0.4, -0.2) is 44.8 Å². The second kappa shape index (κ2) is 10.9. The molecule has 3 aromatic rings. The number of fused-ring (bicyclic) bond motifs is 1. The van der Waals surface area contributed by atoms with Crippen LogP contribution in [0, 0.1) is 5.92 Å². The van der Waals surface area contributed by atoms with E-state index in [1.54, 1.807) is 51.1 Å². The minimum atomic E-state index is -0.830. The van der Waals surface area contributed by atoms with Gasteiger partial charge in [-0.25, -0.2) is 4.79 Å². The van der Waals surface area contributed by atoms with Crippen molar-refractivity contribution in [2.45, 2.75) is 46.3 Å². The molecule has 0 fully saturated rings. The summed E-state index contributed by atoms with van der Waals surface area (Å²) in [7, 11) is 4.34. The Kier molecular flexibility index (Phi) is 8.15. The summed E-state index contributed by atoms with van der Waals surface area (Å²) >= 11 is 0. The second-order valence-corrected chi connectivity index (χ2v) is 9.80. The Morgan fingerprint density at radius 2 is 1.62 bits per heavy atom. The van der Waals surface area contributed by atoms with Crippen LogP contribution in [0.15, 0.2) is 45.6 Å². The zero-order valence-electron chi connectivity index (χ0n) is 22.4. The third-order valence-corrected chi connectivity index (χ3v) is 5.55. The Bertz CT molecular complexity index is 1370. The maximum Gasteiger partial charge on any atom is 0.329 e. The summed E-state index contributed by atoms with van der Waals surface area (Å²) in [5, 5.41) is 2.97. The van der Waals surface area contributed by atoms with Crippen molar-refractivity contribution < 1.29 is 33.0 Å². The average Bonchev–Trinajstić information content (AvgIpc) is 2.84. The first-order valence-electron chi connectivity index (χ1n) is 11.8. The fraction of sp³-hybridized carbons (Fsp3) is 0.393. The molecule has 2 aromatic carbocycles. The van der Waals surface area contributed by atoms with Crippen LogP contribution in [0.2, 0.25) is 0 Å². The highest BCUT2D eigenvalue weighted by Crippen LogP contribution is 2.42. The quantitative estimate of drug-likeness (QED) is 0.437. The number of ether oxygens (including phenoxy) is 4. The standard InChI is InChI=1S/C28H33NO8/c1-15(2)23(27(32)37-28(3,4)5)29-26(31)17-11-9-10-16(12-17)19-13-18(30)22-20(36-19)14-21(33-6)24(34-7)25(22)35-8/h9-15,23H,1-8H3,(H,29,31)/t23-/m0/s1. The maximum absolute atomic E-state index is 13.1. The minimum absolute atomic E-state index is 0.192. The summed E-state index contributed by atoms with van der Waals surface area (Å²) in [5.41, 5.74) is -0.0128. The Morgan fingerprint density at radius 3 is 2.19 bits per heavy atom. The summed E-state index contributed by atoms with van der Waals surface area (Å²) in [4.78, 5) is 38.8. The van der Waals surface area contributed by atoms with E-state index in [0.29, 0.717) is 16.9 Å². The van der Waals surface area contributed by atoms with Gasteiger partial charge in [0.1, 0.15) is 28.4 Å². The lowest BCUT2D eigenvalue weighted by molar-refractivity contribution is -0.158. The van der Waals surface area contributed by atoms with Crippen molar-refractivity contribution in [3.8, 4) is 28.6 Å². The van der Waals surface area contributed by atoms with Crippen molar-refractivity contribution in [2.75, 3.05) is 21.3 Å². The molecule has 1 N–H and O–H groups in total. The summed E-state index contributed by atoms with van der Waals surface area (Å²) < 4.78 is 27.7. The van der Waals surface area contributed by atoms with Crippen LogP contribution in [0.3, 0.4) is 0 Å². The Balaban J connectivity index is 2.00. The molecule has 9 nitrogen and oxygen atoms in total. The predicted molar refractivity (Wildman–Crippen MR) is 140 cm³/mol. The van der Waals surface area contributed by atoms with Gasteiger partial charge in [-0.1, -0.05) is 26.0 Å². The molecule has 1 heterocycles. The molecule has 0 aliphatic carbocycles. The highest BCUT2D eigenvalue weighted by atomic mass is 16.6. The number of esters is 1. The Hall–Kier alpha value is -4.01. The van der Waals surface area contributed by atoms with Crippen LogP contribution in [0.4, 0.5) is 0 Å².